The molecule has 6 heteroatoms. The molecule has 5 nitrogen and oxygen atoms in total. The Labute approximate surface area is 119 Å². The lowest BCUT2D eigenvalue weighted by Crippen LogP contribution is -2.01. The molecule has 0 aliphatic carbocycles. The fourth-order valence-electron chi connectivity index (χ4n) is 1.70. The van der Waals surface area contributed by atoms with Gasteiger partial charge in [-0.1, -0.05) is 15.9 Å². The average Bonchev–Trinajstić information content (AvgIpc) is 2.86. The van der Waals surface area contributed by atoms with E-state index in [-0.39, 0.29) is 0 Å². The zero-order chi connectivity index (χ0) is 13.7. The van der Waals surface area contributed by atoms with Crippen LogP contribution in [0, 0.1) is 0 Å². The zero-order valence-electron chi connectivity index (χ0n) is 10.6. The smallest absolute Gasteiger partial charge is 0.341 e. The maximum absolute atomic E-state index is 11.6. The van der Waals surface area contributed by atoms with Crippen molar-refractivity contribution in [3.8, 4) is 5.75 Å². The number of fused-ring (bicyclic) bond motifs is 1. The summed E-state index contributed by atoms with van der Waals surface area (Å²) in [4.78, 5) is 11.6. The van der Waals surface area contributed by atoms with E-state index in [2.05, 4.69) is 21.0 Å². The number of methoxy groups -OCH3 is 1. The average molecular weight is 327 g/mol. The number of alkyl halides is 1. The third kappa shape index (κ3) is 3.26. The highest BCUT2D eigenvalue weighted by atomic mass is 79.9. The van der Waals surface area contributed by atoms with E-state index in [1.807, 2.05) is 6.07 Å². The number of esters is 1. The van der Waals surface area contributed by atoms with Gasteiger partial charge in [0.25, 0.3) is 0 Å². The quantitative estimate of drug-likeness (QED) is 0.465. The van der Waals surface area contributed by atoms with Crippen LogP contribution in [0.15, 0.2) is 24.5 Å². The number of nitrogens with zero attached hydrogens (tertiary/aromatic N) is 2. The Morgan fingerprint density at radius 1 is 1.47 bits per heavy atom. The molecule has 0 aliphatic heterocycles. The first-order valence-electron chi connectivity index (χ1n) is 6.00. The largest absolute Gasteiger partial charge is 0.493 e. The van der Waals surface area contributed by atoms with Crippen molar-refractivity contribution in [2.75, 3.05) is 19.0 Å². The molecule has 2 rings (SSSR count). The second kappa shape index (κ2) is 6.56. The van der Waals surface area contributed by atoms with E-state index in [0.717, 1.165) is 23.9 Å². The highest BCUT2D eigenvalue weighted by molar-refractivity contribution is 9.09. The van der Waals surface area contributed by atoms with Gasteiger partial charge in [-0.15, -0.1) is 0 Å². The SMILES string of the molecule is COC(=O)c1cnn2ccc(OCCCCBr)cc12. The van der Waals surface area contributed by atoms with Gasteiger partial charge in [-0.3, -0.25) is 0 Å². The third-order valence-corrected chi connectivity index (χ3v) is 3.26. The number of aromatic nitrogens is 2. The summed E-state index contributed by atoms with van der Waals surface area (Å²) in [6, 6.07) is 3.63. The van der Waals surface area contributed by atoms with Gasteiger partial charge in [0.15, 0.2) is 0 Å². The van der Waals surface area contributed by atoms with Gasteiger partial charge in [-0.25, -0.2) is 9.31 Å². The predicted octanol–water partition coefficient (Wildman–Crippen LogP) is 2.67. The molecule has 2 heterocycles. The van der Waals surface area contributed by atoms with E-state index in [1.165, 1.54) is 13.3 Å². The molecule has 0 aromatic carbocycles. The Morgan fingerprint density at radius 3 is 3.05 bits per heavy atom. The number of carbonyl (C=O) groups excluding carboxylic acids is 1. The zero-order valence-corrected chi connectivity index (χ0v) is 12.2. The lowest BCUT2D eigenvalue weighted by atomic mass is 10.2. The van der Waals surface area contributed by atoms with Crippen LogP contribution in [-0.4, -0.2) is 34.6 Å². The number of hydrogen-bond acceptors (Lipinski definition) is 4. The molecule has 0 spiro atoms. The Morgan fingerprint density at radius 2 is 2.32 bits per heavy atom. The fourth-order valence-corrected chi connectivity index (χ4v) is 2.10. The fraction of sp³-hybridized carbons (Fsp3) is 0.385. The minimum absolute atomic E-state index is 0.397. The summed E-state index contributed by atoms with van der Waals surface area (Å²) in [5.74, 6) is 0.333. The predicted molar refractivity (Wildman–Crippen MR) is 75.1 cm³/mol. The molecular formula is C13H15BrN2O3. The van der Waals surface area contributed by atoms with Gasteiger partial charge in [-0.05, 0) is 18.9 Å². The van der Waals surface area contributed by atoms with Crippen molar-refractivity contribution in [1.82, 2.24) is 9.61 Å². The molecule has 0 radical (unpaired) electrons. The highest BCUT2D eigenvalue weighted by Crippen LogP contribution is 2.18. The summed E-state index contributed by atoms with van der Waals surface area (Å²) < 4.78 is 12.0. The first kappa shape index (κ1) is 13.9. The van der Waals surface area contributed by atoms with Gasteiger partial charge >= 0.3 is 5.97 Å². The summed E-state index contributed by atoms with van der Waals surface area (Å²) in [5, 5.41) is 5.07. The summed E-state index contributed by atoms with van der Waals surface area (Å²) in [5.41, 5.74) is 1.12. The number of rotatable bonds is 6. The van der Waals surface area contributed by atoms with Crippen molar-refractivity contribution in [3.05, 3.63) is 30.1 Å². The molecule has 0 saturated carbocycles. The monoisotopic (exact) mass is 326 g/mol. The maximum atomic E-state index is 11.6. The first-order valence-corrected chi connectivity index (χ1v) is 7.13. The van der Waals surface area contributed by atoms with E-state index in [1.54, 1.807) is 16.8 Å². The summed E-state index contributed by atoms with van der Waals surface area (Å²) in [7, 11) is 1.35. The van der Waals surface area contributed by atoms with Gasteiger partial charge in [-0.2, -0.15) is 5.10 Å². The van der Waals surface area contributed by atoms with Crippen molar-refractivity contribution >= 4 is 27.4 Å². The lowest BCUT2D eigenvalue weighted by molar-refractivity contribution is 0.0603. The van der Waals surface area contributed by atoms with E-state index < -0.39 is 5.97 Å². The Hall–Kier alpha value is -1.56. The minimum Gasteiger partial charge on any atom is -0.493 e. The van der Waals surface area contributed by atoms with Crippen molar-refractivity contribution < 1.29 is 14.3 Å². The molecule has 2 aromatic heterocycles. The van der Waals surface area contributed by atoms with E-state index in [0.29, 0.717) is 17.7 Å². The van der Waals surface area contributed by atoms with Gasteiger partial charge in [0.05, 0.1) is 25.4 Å². The van der Waals surface area contributed by atoms with Gasteiger partial charge in [0.1, 0.15) is 11.3 Å². The van der Waals surface area contributed by atoms with Crippen LogP contribution < -0.4 is 4.74 Å². The van der Waals surface area contributed by atoms with E-state index in [9.17, 15) is 4.79 Å². The number of halogens is 1. The Balaban J connectivity index is 2.16. The number of hydrogen-bond donors (Lipinski definition) is 0. The summed E-state index contributed by atoms with van der Waals surface area (Å²) >= 11 is 3.38. The minimum atomic E-state index is -0.397. The Kier molecular flexibility index (Phi) is 4.79. The molecule has 0 atom stereocenters. The van der Waals surface area contributed by atoms with E-state index >= 15 is 0 Å². The van der Waals surface area contributed by atoms with Crippen LogP contribution in [0.3, 0.4) is 0 Å². The molecule has 19 heavy (non-hydrogen) atoms. The lowest BCUT2D eigenvalue weighted by Gasteiger charge is -2.06. The van der Waals surface area contributed by atoms with Crippen molar-refractivity contribution in [2.24, 2.45) is 0 Å². The van der Waals surface area contributed by atoms with Crippen molar-refractivity contribution in [2.45, 2.75) is 12.8 Å². The van der Waals surface area contributed by atoms with Crippen LogP contribution in [0.25, 0.3) is 5.52 Å². The van der Waals surface area contributed by atoms with Gasteiger partial charge < -0.3 is 9.47 Å². The van der Waals surface area contributed by atoms with Gasteiger partial charge in [0.2, 0.25) is 0 Å². The molecule has 0 bridgehead atoms. The molecule has 0 N–H and O–H groups in total. The van der Waals surface area contributed by atoms with Crippen molar-refractivity contribution in [3.63, 3.8) is 0 Å². The molecule has 0 aliphatic rings. The highest BCUT2D eigenvalue weighted by Gasteiger charge is 2.13. The molecular weight excluding hydrogens is 312 g/mol. The van der Waals surface area contributed by atoms with Crippen LogP contribution in [0.4, 0.5) is 0 Å². The van der Waals surface area contributed by atoms with Crippen LogP contribution >= 0.6 is 15.9 Å². The molecule has 102 valence electrons. The first-order chi connectivity index (χ1) is 9.26. The maximum Gasteiger partial charge on any atom is 0.341 e. The van der Waals surface area contributed by atoms with Gasteiger partial charge in [0, 0.05) is 17.6 Å². The molecule has 2 aromatic rings. The number of ether oxygens (including phenoxy) is 2. The number of unbranched alkanes of at least 4 members (excludes halogenated alkanes) is 1. The van der Waals surface area contributed by atoms with Crippen LogP contribution in [0.2, 0.25) is 0 Å². The van der Waals surface area contributed by atoms with Crippen LogP contribution in [-0.2, 0) is 4.74 Å². The second-order valence-corrected chi connectivity index (χ2v) is 4.78. The van der Waals surface area contributed by atoms with Crippen LogP contribution in [0.5, 0.6) is 5.75 Å². The Bertz CT molecular complexity index is 568. The molecule has 0 unspecified atom stereocenters. The van der Waals surface area contributed by atoms with Crippen molar-refractivity contribution in [1.29, 1.82) is 0 Å². The summed E-state index contributed by atoms with van der Waals surface area (Å²) in [6.45, 7) is 0.656. The van der Waals surface area contributed by atoms with E-state index in [4.69, 9.17) is 9.47 Å². The standard InChI is InChI=1S/C13H15BrN2O3/c1-18-13(17)11-9-15-16-6-4-10(8-12(11)16)19-7-3-2-5-14/h4,6,8-9H,2-3,5,7H2,1H3. The second-order valence-electron chi connectivity index (χ2n) is 3.99. The summed E-state index contributed by atoms with van der Waals surface area (Å²) in [6.07, 6.45) is 5.32. The topological polar surface area (TPSA) is 52.8 Å². The molecule has 0 amide bonds. The number of carbonyl (C=O) groups is 1. The normalized spacial score (nSPS) is 10.6. The third-order valence-electron chi connectivity index (χ3n) is 2.69. The number of pyridine rings is 1. The molecule has 0 saturated heterocycles. The molecule has 0 fully saturated rings. The van der Waals surface area contributed by atoms with Crippen LogP contribution in [0.1, 0.15) is 23.2 Å².